The van der Waals surface area contributed by atoms with Crippen molar-refractivity contribution >= 4 is 23.5 Å². The first-order valence-corrected chi connectivity index (χ1v) is 9.76. The number of nitrogens with one attached hydrogen (secondary N) is 1. The summed E-state index contributed by atoms with van der Waals surface area (Å²) >= 11 is 0. The molecular formula is C21H24N4O5. The van der Waals surface area contributed by atoms with Crippen molar-refractivity contribution in [3.05, 3.63) is 63.7 Å². The lowest BCUT2D eigenvalue weighted by atomic mass is 10.1. The van der Waals surface area contributed by atoms with Gasteiger partial charge in [0.15, 0.2) is 0 Å². The average Bonchev–Trinajstić information content (AvgIpc) is 2.78. The highest BCUT2D eigenvalue weighted by atomic mass is 16.6. The third-order valence-corrected chi connectivity index (χ3v) is 4.52. The molecule has 9 nitrogen and oxygen atoms in total. The number of hydrazone groups is 1. The molecule has 1 aliphatic rings. The van der Waals surface area contributed by atoms with Crippen molar-refractivity contribution in [2.75, 3.05) is 37.8 Å². The standard InChI is InChI=1S/C21H24N4O5/c1-2-11-30-18-6-4-17(5-7-18)21(26)23-22-15-16-3-8-19(20(14-16)25(27)28)24-9-12-29-13-10-24/h3-8,14-15H,2,9-13H2,1H3,(H,23,26)/b22-15-. The highest BCUT2D eigenvalue weighted by Crippen LogP contribution is 2.29. The molecule has 1 heterocycles. The van der Waals surface area contributed by atoms with Gasteiger partial charge >= 0.3 is 0 Å². The van der Waals surface area contributed by atoms with Crippen molar-refractivity contribution in [2.45, 2.75) is 13.3 Å². The van der Waals surface area contributed by atoms with Crippen LogP contribution in [0.4, 0.5) is 11.4 Å². The number of hydrogen-bond donors (Lipinski definition) is 1. The molecule has 158 valence electrons. The number of rotatable bonds is 8. The smallest absolute Gasteiger partial charge is 0.293 e. The molecule has 0 spiro atoms. The summed E-state index contributed by atoms with van der Waals surface area (Å²) in [4.78, 5) is 25.2. The summed E-state index contributed by atoms with van der Waals surface area (Å²) in [6, 6.07) is 11.6. The molecule has 0 bridgehead atoms. The van der Waals surface area contributed by atoms with Gasteiger partial charge in [-0.25, -0.2) is 5.43 Å². The van der Waals surface area contributed by atoms with Crippen molar-refractivity contribution < 1.29 is 19.2 Å². The summed E-state index contributed by atoms with van der Waals surface area (Å²) in [6.45, 7) is 4.92. The number of nitro groups is 1. The minimum absolute atomic E-state index is 0.00477. The van der Waals surface area contributed by atoms with E-state index in [1.54, 1.807) is 36.4 Å². The van der Waals surface area contributed by atoms with Gasteiger partial charge in [-0.05, 0) is 36.8 Å². The van der Waals surface area contributed by atoms with E-state index in [9.17, 15) is 14.9 Å². The number of carbonyl (C=O) groups excluding carboxylic acids is 1. The first-order valence-electron chi connectivity index (χ1n) is 9.76. The van der Waals surface area contributed by atoms with Gasteiger partial charge in [-0.2, -0.15) is 5.10 Å². The second-order valence-corrected chi connectivity index (χ2v) is 6.68. The Balaban J connectivity index is 1.64. The molecule has 0 radical (unpaired) electrons. The molecule has 0 aliphatic carbocycles. The number of benzene rings is 2. The fourth-order valence-electron chi connectivity index (χ4n) is 2.99. The van der Waals surface area contributed by atoms with E-state index in [-0.39, 0.29) is 11.6 Å². The fourth-order valence-corrected chi connectivity index (χ4v) is 2.99. The number of carbonyl (C=O) groups is 1. The summed E-state index contributed by atoms with van der Waals surface area (Å²) in [7, 11) is 0. The van der Waals surface area contributed by atoms with Crippen molar-refractivity contribution in [3.8, 4) is 5.75 Å². The Bertz CT molecular complexity index is 908. The van der Waals surface area contributed by atoms with Gasteiger partial charge in [0.2, 0.25) is 0 Å². The highest BCUT2D eigenvalue weighted by molar-refractivity contribution is 5.95. The molecular weight excluding hydrogens is 388 g/mol. The summed E-state index contributed by atoms with van der Waals surface area (Å²) in [5.74, 6) is 0.317. The zero-order valence-electron chi connectivity index (χ0n) is 16.7. The van der Waals surface area contributed by atoms with Crippen molar-refractivity contribution in [1.82, 2.24) is 5.43 Å². The molecule has 0 aromatic heterocycles. The van der Waals surface area contributed by atoms with E-state index in [0.717, 1.165) is 6.42 Å². The van der Waals surface area contributed by atoms with Crippen molar-refractivity contribution in [3.63, 3.8) is 0 Å². The maximum Gasteiger partial charge on any atom is 0.293 e. The zero-order valence-corrected chi connectivity index (χ0v) is 16.7. The minimum atomic E-state index is -0.414. The van der Waals surface area contributed by atoms with Crippen LogP contribution < -0.4 is 15.1 Å². The van der Waals surface area contributed by atoms with E-state index in [4.69, 9.17) is 9.47 Å². The quantitative estimate of drug-likeness (QED) is 0.406. The van der Waals surface area contributed by atoms with Crippen LogP contribution in [0.2, 0.25) is 0 Å². The molecule has 0 saturated carbocycles. The number of amides is 1. The van der Waals surface area contributed by atoms with Crippen LogP contribution in [-0.2, 0) is 4.74 Å². The Morgan fingerprint density at radius 1 is 1.27 bits per heavy atom. The first-order chi connectivity index (χ1) is 14.6. The molecule has 2 aromatic rings. The summed E-state index contributed by atoms with van der Waals surface area (Å²) < 4.78 is 10.8. The van der Waals surface area contributed by atoms with Gasteiger partial charge in [-0.3, -0.25) is 14.9 Å². The lowest BCUT2D eigenvalue weighted by molar-refractivity contribution is -0.384. The topological polar surface area (TPSA) is 106 Å². The molecule has 1 fully saturated rings. The van der Waals surface area contributed by atoms with Crippen LogP contribution in [0.25, 0.3) is 0 Å². The van der Waals surface area contributed by atoms with Crippen molar-refractivity contribution in [2.24, 2.45) is 5.10 Å². The third-order valence-electron chi connectivity index (χ3n) is 4.52. The van der Waals surface area contributed by atoms with E-state index in [1.807, 2.05) is 11.8 Å². The molecule has 9 heteroatoms. The van der Waals surface area contributed by atoms with Crippen LogP contribution in [0.1, 0.15) is 29.3 Å². The maximum absolute atomic E-state index is 12.2. The lowest BCUT2D eigenvalue weighted by Crippen LogP contribution is -2.36. The van der Waals surface area contributed by atoms with E-state index in [0.29, 0.717) is 55.5 Å². The molecule has 2 aromatic carbocycles. The van der Waals surface area contributed by atoms with Crippen LogP contribution in [0.15, 0.2) is 47.6 Å². The molecule has 1 aliphatic heterocycles. The van der Waals surface area contributed by atoms with Gasteiger partial charge in [-0.1, -0.05) is 13.0 Å². The maximum atomic E-state index is 12.2. The van der Waals surface area contributed by atoms with E-state index in [2.05, 4.69) is 10.5 Å². The van der Waals surface area contributed by atoms with Gasteiger partial charge in [-0.15, -0.1) is 0 Å². The van der Waals surface area contributed by atoms with Gasteiger partial charge in [0.1, 0.15) is 11.4 Å². The van der Waals surface area contributed by atoms with Crippen LogP contribution in [0.5, 0.6) is 5.75 Å². The molecule has 30 heavy (non-hydrogen) atoms. The monoisotopic (exact) mass is 412 g/mol. The Labute approximate surface area is 174 Å². The first kappa shape index (κ1) is 21.3. The highest BCUT2D eigenvalue weighted by Gasteiger charge is 2.21. The number of anilines is 1. The molecule has 0 unspecified atom stereocenters. The summed E-state index contributed by atoms with van der Waals surface area (Å²) in [5.41, 5.74) is 3.93. The third kappa shape index (κ3) is 5.54. The zero-order chi connectivity index (χ0) is 21.3. The van der Waals surface area contributed by atoms with Gasteiger partial charge in [0.25, 0.3) is 11.6 Å². The number of nitrogens with zero attached hydrogens (tertiary/aromatic N) is 3. The predicted molar refractivity (Wildman–Crippen MR) is 113 cm³/mol. The second-order valence-electron chi connectivity index (χ2n) is 6.68. The van der Waals surface area contributed by atoms with Crippen LogP contribution >= 0.6 is 0 Å². The van der Waals surface area contributed by atoms with Crippen LogP contribution in [0.3, 0.4) is 0 Å². The minimum Gasteiger partial charge on any atom is -0.494 e. The Morgan fingerprint density at radius 2 is 2.00 bits per heavy atom. The molecule has 1 amide bonds. The normalized spacial score (nSPS) is 14.0. The van der Waals surface area contributed by atoms with E-state index in [1.165, 1.54) is 12.3 Å². The van der Waals surface area contributed by atoms with Crippen LogP contribution in [-0.4, -0.2) is 50.0 Å². The number of ether oxygens (including phenoxy) is 2. The predicted octanol–water partition coefficient (Wildman–Crippen LogP) is 2.98. The Hall–Kier alpha value is -3.46. The fraction of sp³-hybridized carbons (Fsp3) is 0.333. The second kappa shape index (κ2) is 10.4. The molecule has 3 rings (SSSR count). The molecule has 1 saturated heterocycles. The number of nitro benzene ring substituents is 1. The van der Waals surface area contributed by atoms with Crippen LogP contribution in [0, 0.1) is 10.1 Å². The van der Waals surface area contributed by atoms with Gasteiger partial charge < -0.3 is 14.4 Å². The van der Waals surface area contributed by atoms with Gasteiger partial charge in [0, 0.05) is 30.3 Å². The van der Waals surface area contributed by atoms with E-state index < -0.39 is 4.92 Å². The summed E-state index contributed by atoms with van der Waals surface area (Å²) in [6.07, 6.45) is 2.29. The Kier molecular flexibility index (Phi) is 7.34. The number of morpholine rings is 1. The number of hydrogen-bond acceptors (Lipinski definition) is 7. The van der Waals surface area contributed by atoms with Gasteiger partial charge in [0.05, 0.1) is 31.0 Å². The Morgan fingerprint density at radius 3 is 2.67 bits per heavy atom. The van der Waals surface area contributed by atoms with Crippen molar-refractivity contribution in [1.29, 1.82) is 0 Å². The largest absolute Gasteiger partial charge is 0.494 e. The SMILES string of the molecule is CCCOc1ccc(C(=O)N/N=C\c2ccc(N3CCOCC3)c([N+](=O)[O-])c2)cc1. The average molecular weight is 412 g/mol. The van der Waals surface area contributed by atoms with E-state index >= 15 is 0 Å². The summed E-state index contributed by atoms with van der Waals surface area (Å²) in [5, 5.41) is 15.4. The molecule has 0 atom stereocenters. The lowest BCUT2D eigenvalue weighted by Gasteiger charge is -2.28. The molecule has 1 N–H and O–H groups in total.